The van der Waals surface area contributed by atoms with E-state index in [0.717, 1.165) is 30.7 Å². The standard InChI is InChI=1S/C20H32O3/c1-5-17-12-9-10-14-19(17)20(21)23-18(15-22-4)13-8-6-7-11-16(2)3/h9-10,12,14,16,18H,5-8,11,13,15H2,1-4H3. The van der Waals surface area contributed by atoms with E-state index in [-0.39, 0.29) is 12.1 Å². The van der Waals surface area contributed by atoms with Gasteiger partial charge in [-0.2, -0.15) is 0 Å². The molecular weight excluding hydrogens is 288 g/mol. The van der Waals surface area contributed by atoms with Crippen molar-refractivity contribution in [2.24, 2.45) is 5.92 Å². The summed E-state index contributed by atoms with van der Waals surface area (Å²) in [5.74, 6) is 0.528. The lowest BCUT2D eigenvalue weighted by Gasteiger charge is -2.18. The van der Waals surface area contributed by atoms with Crippen LogP contribution in [0.2, 0.25) is 0 Å². The van der Waals surface area contributed by atoms with Crippen LogP contribution < -0.4 is 0 Å². The Morgan fingerprint density at radius 3 is 2.43 bits per heavy atom. The zero-order valence-corrected chi connectivity index (χ0v) is 15.1. The van der Waals surface area contributed by atoms with E-state index in [4.69, 9.17) is 9.47 Å². The highest BCUT2D eigenvalue weighted by Crippen LogP contribution is 2.16. The van der Waals surface area contributed by atoms with E-state index >= 15 is 0 Å². The van der Waals surface area contributed by atoms with E-state index in [2.05, 4.69) is 13.8 Å². The van der Waals surface area contributed by atoms with E-state index in [9.17, 15) is 4.79 Å². The van der Waals surface area contributed by atoms with Crippen molar-refractivity contribution in [3.8, 4) is 0 Å². The molecule has 3 heteroatoms. The van der Waals surface area contributed by atoms with Crippen LogP contribution >= 0.6 is 0 Å². The summed E-state index contributed by atoms with van der Waals surface area (Å²) >= 11 is 0. The number of methoxy groups -OCH3 is 1. The third-order valence-electron chi connectivity index (χ3n) is 4.05. The van der Waals surface area contributed by atoms with E-state index in [1.54, 1.807) is 7.11 Å². The first-order chi connectivity index (χ1) is 11.1. The minimum atomic E-state index is -0.230. The zero-order chi connectivity index (χ0) is 17.1. The predicted octanol–water partition coefficient (Wildman–Crippen LogP) is 5.03. The maximum Gasteiger partial charge on any atom is 0.338 e. The number of carbonyl (C=O) groups excluding carboxylic acids is 1. The lowest BCUT2D eigenvalue weighted by atomic mass is 10.0. The molecule has 0 aliphatic rings. The highest BCUT2D eigenvalue weighted by Gasteiger charge is 2.17. The van der Waals surface area contributed by atoms with Crippen molar-refractivity contribution in [3.05, 3.63) is 35.4 Å². The Morgan fingerprint density at radius 1 is 1.09 bits per heavy atom. The molecule has 0 fully saturated rings. The van der Waals surface area contributed by atoms with E-state index < -0.39 is 0 Å². The minimum absolute atomic E-state index is 0.156. The van der Waals surface area contributed by atoms with Crippen LogP contribution in [0.1, 0.15) is 68.8 Å². The van der Waals surface area contributed by atoms with Gasteiger partial charge in [-0.3, -0.25) is 0 Å². The lowest BCUT2D eigenvalue weighted by molar-refractivity contribution is 0.00227. The highest BCUT2D eigenvalue weighted by molar-refractivity contribution is 5.91. The second kappa shape index (κ2) is 11.2. The normalized spacial score (nSPS) is 12.4. The first kappa shape index (κ1) is 19.7. The molecule has 0 saturated heterocycles. The van der Waals surface area contributed by atoms with Crippen LogP contribution in [-0.2, 0) is 15.9 Å². The molecule has 0 saturated carbocycles. The summed E-state index contributed by atoms with van der Waals surface area (Å²) in [7, 11) is 1.65. The van der Waals surface area contributed by atoms with E-state index in [1.807, 2.05) is 31.2 Å². The first-order valence-electron chi connectivity index (χ1n) is 8.86. The predicted molar refractivity (Wildman–Crippen MR) is 94.8 cm³/mol. The second-order valence-electron chi connectivity index (χ2n) is 6.53. The van der Waals surface area contributed by atoms with Gasteiger partial charge in [-0.1, -0.05) is 58.2 Å². The molecule has 0 heterocycles. The molecular formula is C20H32O3. The fourth-order valence-corrected chi connectivity index (χ4v) is 2.71. The van der Waals surface area contributed by atoms with Crippen LogP contribution in [-0.4, -0.2) is 25.8 Å². The molecule has 1 aromatic carbocycles. The van der Waals surface area contributed by atoms with Gasteiger partial charge in [-0.05, 0) is 36.8 Å². The van der Waals surface area contributed by atoms with Gasteiger partial charge in [0, 0.05) is 7.11 Å². The van der Waals surface area contributed by atoms with Crippen LogP contribution in [0.4, 0.5) is 0 Å². The van der Waals surface area contributed by atoms with Crippen LogP contribution in [0.5, 0.6) is 0 Å². The van der Waals surface area contributed by atoms with Crippen LogP contribution in [0.3, 0.4) is 0 Å². The van der Waals surface area contributed by atoms with Gasteiger partial charge in [0.05, 0.1) is 12.2 Å². The molecule has 0 N–H and O–H groups in total. The monoisotopic (exact) mass is 320 g/mol. The summed E-state index contributed by atoms with van der Waals surface area (Å²) in [6.45, 7) is 7.01. The highest BCUT2D eigenvalue weighted by atomic mass is 16.6. The summed E-state index contributed by atoms with van der Waals surface area (Å²) < 4.78 is 10.9. The Kier molecular flexibility index (Phi) is 9.61. The first-order valence-corrected chi connectivity index (χ1v) is 8.86. The quantitative estimate of drug-likeness (QED) is 0.424. The van der Waals surface area contributed by atoms with Crippen LogP contribution in [0, 0.1) is 5.92 Å². The Morgan fingerprint density at radius 2 is 1.78 bits per heavy atom. The molecule has 3 nitrogen and oxygen atoms in total. The Bertz CT molecular complexity index is 454. The van der Waals surface area contributed by atoms with Gasteiger partial charge in [0.1, 0.15) is 6.10 Å². The molecule has 1 rings (SSSR count). The molecule has 0 amide bonds. The summed E-state index contributed by atoms with van der Waals surface area (Å²) in [5.41, 5.74) is 1.71. The largest absolute Gasteiger partial charge is 0.456 e. The van der Waals surface area contributed by atoms with Gasteiger partial charge in [-0.25, -0.2) is 4.79 Å². The molecule has 0 bridgehead atoms. The smallest absolute Gasteiger partial charge is 0.338 e. The third-order valence-corrected chi connectivity index (χ3v) is 4.05. The molecule has 0 radical (unpaired) electrons. The summed E-state index contributed by atoms with van der Waals surface area (Å²) in [6.07, 6.45) is 6.30. The number of rotatable bonds is 11. The molecule has 0 aliphatic carbocycles. The Hall–Kier alpha value is -1.35. The Labute approximate surface area is 141 Å². The second-order valence-corrected chi connectivity index (χ2v) is 6.53. The molecule has 0 spiro atoms. The number of hydrogen-bond donors (Lipinski definition) is 0. The van der Waals surface area contributed by atoms with Crippen molar-refractivity contribution in [1.82, 2.24) is 0 Å². The molecule has 0 aromatic heterocycles. The zero-order valence-electron chi connectivity index (χ0n) is 15.1. The van der Waals surface area contributed by atoms with Gasteiger partial charge in [-0.15, -0.1) is 0 Å². The van der Waals surface area contributed by atoms with Crippen molar-refractivity contribution in [1.29, 1.82) is 0 Å². The average Bonchev–Trinajstić information content (AvgIpc) is 2.54. The Balaban J connectivity index is 2.49. The van der Waals surface area contributed by atoms with Crippen molar-refractivity contribution in [2.45, 2.75) is 65.4 Å². The number of ether oxygens (including phenoxy) is 2. The van der Waals surface area contributed by atoms with Crippen LogP contribution in [0.15, 0.2) is 24.3 Å². The minimum Gasteiger partial charge on any atom is -0.456 e. The number of esters is 1. The summed E-state index contributed by atoms with van der Waals surface area (Å²) in [6, 6.07) is 7.66. The molecule has 1 unspecified atom stereocenters. The van der Waals surface area contributed by atoms with Crippen molar-refractivity contribution >= 4 is 5.97 Å². The van der Waals surface area contributed by atoms with Gasteiger partial charge < -0.3 is 9.47 Å². The van der Waals surface area contributed by atoms with Gasteiger partial charge in [0.15, 0.2) is 0 Å². The van der Waals surface area contributed by atoms with E-state index in [1.165, 1.54) is 19.3 Å². The lowest BCUT2D eigenvalue weighted by Crippen LogP contribution is -2.23. The van der Waals surface area contributed by atoms with Gasteiger partial charge in [0.2, 0.25) is 0 Å². The SMILES string of the molecule is CCc1ccccc1C(=O)OC(CCCCCC(C)C)COC. The van der Waals surface area contributed by atoms with Crippen molar-refractivity contribution < 1.29 is 14.3 Å². The number of aryl methyl sites for hydroxylation is 1. The summed E-state index contributed by atoms with van der Waals surface area (Å²) in [4.78, 5) is 12.4. The number of hydrogen-bond acceptors (Lipinski definition) is 3. The molecule has 130 valence electrons. The van der Waals surface area contributed by atoms with Crippen LogP contribution in [0.25, 0.3) is 0 Å². The number of benzene rings is 1. The average molecular weight is 320 g/mol. The third kappa shape index (κ3) is 7.65. The molecule has 23 heavy (non-hydrogen) atoms. The maximum absolute atomic E-state index is 12.4. The maximum atomic E-state index is 12.4. The molecule has 1 aromatic rings. The summed E-state index contributed by atoms with van der Waals surface area (Å²) in [5, 5.41) is 0. The molecule has 0 aliphatic heterocycles. The number of carbonyl (C=O) groups is 1. The van der Waals surface area contributed by atoms with Gasteiger partial charge >= 0.3 is 5.97 Å². The van der Waals surface area contributed by atoms with Crippen molar-refractivity contribution in [3.63, 3.8) is 0 Å². The topological polar surface area (TPSA) is 35.5 Å². The van der Waals surface area contributed by atoms with E-state index in [0.29, 0.717) is 12.2 Å². The fraction of sp³-hybridized carbons (Fsp3) is 0.650. The van der Waals surface area contributed by atoms with Gasteiger partial charge in [0.25, 0.3) is 0 Å². The fourth-order valence-electron chi connectivity index (χ4n) is 2.71. The molecule has 1 atom stereocenters. The van der Waals surface area contributed by atoms with Crippen molar-refractivity contribution in [2.75, 3.05) is 13.7 Å². The number of unbranched alkanes of at least 4 members (excludes halogenated alkanes) is 2.